The molecule has 0 aliphatic heterocycles. The van der Waals surface area contributed by atoms with Gasteiger partial charge in [-0.15, -0.1) is 0 Å². The zero-order chi connectivity index (χ0) is 24.6. The third-order valence-electron chi connectivity index (χ3n) is 5.35. The van der Waals surface area contributed by atoms with Gasteiger partial charge in [0.1, 0.15) is 6.04 Å². The molecule has 2 aromatic rings. The second kappa shape index (κ2) is 12.2. The molecule has 2 rings (SSSR count). The molecule has 0 saturated heterocycles. The van der Waals surface area contributed by atoms with Crippen molar-refractivity contribution in [3.63, 3.8) is 0 Å². The number of nitrogens with zero attached hydrogens (tertiary/aromatic N) is 2. The number of amides is 2. The molecule has 1 atom stereocenters. The predicted molar refractivity (Wildman–Crippen MR) is 130 cm³/mol. The summed E-state index contributed by atoms with van der Waals surface area (Å²) in [6, 6.07) is 12.6. The minimum Gasteiger partial charge on any atom is -0.354 e. The Labute approximate surface area is 201 Å². The highest BCUT2D eigenvalue weighted by Gasteiger charge is 2.30. The summed E-state index contributed by atoms with van der Waals surface area (Å²) < 4.78 is 26.9. The lowest BCUT2D eigenvalue weighted by Gasteiger charge is -2.30. The summed E-state index contributed by atoms with van der Waals surface area (Å²) in [6.07, 6.45) is 1.77. The normalized spacial score (nSPS) is 12.4. The van der Waals surface area contributed by atoms with Crippen LogP contribution < -0.4 is 5.32 Å². The summed E-state index contributed by atoms with van der Waals surface area (Å²) in [6.45, 7) is 5.81. The van der Waals surface area contributed by atoms with Crippen LogP contribution in [0, 0.1) is 6.92 Å². The number of hydrogen-bond donors (Lipinski definition) is 1. The van der Waals surface area contributed by atoms with Crippen LogP contribution in [-0.4, -0.2) is 55.6 Å². The van der Waals surface area contributed by atoms with Gasteiger partial charge in [-0.25, -0.2) is 8.42 Å². The minimum atomic E-state index is -3.86. The molecule has 1 N–H and O–H groups in total. The van der Waals surface area contributed by atoms with Gasteiger partial charge in [-0.3, -0.25) is 9.59 Å². The molecule has 0 spiro atoms. The summed E-state index contributed by atoms with van der Waals surface area (Å²) in [4.78, 5) is 27.4. The SMILES string of the molecule is CCCCNC(=O)C(C)N(Cc1ccc(Cl)cc1)C(=O)CN(C)S(=O)(=O)c1ccc(C)cc1. The second-order valence-corrected chi connectivity index (χ2v) is 10.5. The number of halogens is 1. The lowest BCUT2D eigenvalue weighted by molar-refractivity contribution is -0.140. The Morgan fingerprint density at radius 2 is 1.67 bits per heavy atom. The molecule has 0 aliphatic rings. The number of carbonyl (C=O) groups excluding carboxylic acids is 2. The first-order valence-electron chi connectivity index (χ1n) is 10.9. The van der Waals surface area contributed by atoms with Crippen molar-refractivity contribution < 1.29 is 18.0 Å². The molecule has 0 heterocycles. The van der Waals surface area contributed by atoms with E-state index >= 15 is 0 Å². The molecule has 0 aromatic heterocycles. The van der Waals surface area contributed by atoms with E-state index in [1.165, 1.54) is 24.1 Å². The van der Waals surface area contributed by atoms with E-state index in [9.17, 15) is 18.0 Å². The van der Waals surface area contributed by atoms with Gasteiger partial charge in [-0.2, -0.15) is 4.31 Å². The summed E-state index contributed by atoms with van der Waals surface area (Å²) >= 11 is 5.96. The first-order chi connectivity index (χ1) is 15.6. The van der Waals surface area contributed by atoms with Crippen molar-refractivity contribution in [2.75, 3.05) is 20.1 Å². The van der Waals surface area contributed by atoms with Crippen LogP contribution in [0.15, 0.2) is 53.4 Å². The number of likely N-dealkylation sites (N-methyl/N-ethyl adjacent to an activating group) is 1. The largest absolute Gasteiger partial charge is 0.354 e. The first kappa shape index (κ1) is 26.8. The molecular formula is C24H32ClN3O4S. The van der Waals surface area contributed by atoms with E-state index in [0.717, 1.165) is 28.3 Å². The van der Waals surface area contributed by atoms with E-state index in [0.29, 0.717) is 11.6 Å². The number of hydrogen-bond acceptors (Lipinski definition) is 4. The van der Waals surface area contributed by atoms with Crippen molar-refractivity contribution >= 4 is 33.4 Å². The van der Waals surface area contributed by atoms with E-state index in [1.54, 1.807) is 43.3 Å². The van der Waals surface area contributed by atoms with Crippen LogP contribution in [0.2, 0.25) is 5.02 Å². The lowest BCUT2D eigenvalue weighted by atomic mass is 10.1. The third-order valence-corrected chi connectivity index (χ3v) is 7.42. The number of unbranched alkanes of at least 4 members (excludes halogenated alkanes) is 1. The predicted octanol–water partition coefficient (Wildman–Crippen LogP) is 3.60. The van der Waals surface area contributed by atoms with Gasteiger partial charge in [0.25, 0.3) is 0 Å². The van der Waals surface area contributed by atoms with Gasteiger partial charge >= 0.3 is 0 Å². The van der Waals surface area contributed by atoms with Crippen molar-refractivity contribution in [3.8, 4) is 0 Å². The van der Waals surface area contributed by atoms with Crippen molar-refractivity contribution in [3.05, 3.63) is 64.7 Å². The molecule has 2 aromatic carbocycles. The summed E-state index contributed by atoms with van der Waals surface area (Å²) in [5.41, 5.74) is 1.72. The van der Waals surface area contributed by atoms with Crippen LogP contribution in [0.3, 0.4) is 0 Å². The van der Waals surface area contributed by atoms with Crippen molar-refractivity contribution in [2.24, 2.45) is 0 Å². The van der Waals surface area contributed by atoms with Gasteiger partial charge in [-0.05, 0) is 50.1 Å². The van der Waals surface area contributed by atoms with Gasteiger partial charge in [0.15, 0.2) is 0 Å². The summed E-state index contributed by atoms with van der Waals surface area (Å²) in [5, 5.41) is 3.40. The Morgan fingerprint density at radius 1 is 1.06 bits per heavy atom. The molecular weight excluding hydrogens is 462 g/mol. The Kier molecular flexibility index (Phi) is 9.88. The van der Waals surface area contributed by atoms with E-state index in [1.807, 2.05) is 13.8 Å². The van der Waals surface area contributed by atoms with Crippen LogP contribution in [0.5, 0.6) is 0 Å². The number of rotatable bonds is 11. The van der Waals surface area contributed by atoms with Crippen LogP contribution >= 0.6 is 11.6 Å². The van der Waals surface area contributed by atoms with Crippen molar-refractivity contribution in [1.82, 2.24) is 14.5 Å². The average molecular weight is 494 g/mol. The highest BCUT2D eigenvalue weighted by Crippen LogP contribution is 2.17. The maximum Gasteiger partial charge on any atom is 0.243 e. The summed E-state index contributed by atoms with van der Waals surface area (Å²) in [5.74, 6) is -0.754. The first-order valence-corrected chi connectivity index (χ1v) is 12.7. The number of carbonyl (C=O) groups is 2. The van der Waals surface area contributed by atoms with Crippen LogP contribution in [-0.2, 0) is 26.2 Å². The Balaban J connectivity index is 2.22. The standard InChI is InChI=1S/C24H32ClN3O4S/c1-5-6-15-26-24(30)19(3)28(16-20-9-11-21(25)12-10-20)23(29)17-27(4)33(31,32)22-13-7-18(2)8-14-22/h7-14,19H,5-6,15-17H2,1-4H3,(H,26,30). The molecule has 180 valence electrons. The van der Waals surface area contributed by atoms with E-state index < -0.39 is 28.5 Å². The number of benzene rings is 2. The van der Waals surface area contributed by atoms with Gasteiger partial charge < -0.3 is 10.2 Å². The van der Waals surface area contributed by atoms with Gasteiger partial charge in [-0.1, -0.05) is 54.8 Å². The zero-order valence-electron chi connectivity index (χ0n) is 19.5. The highest BCUT2D eigenvalue weighted by atomic mass is 35.5. The van der Waals surface area contributed by atoms with Gasteiger partial charge in [0.2, 0.25) is 21.8 Å². The molecule has 0 fully saturated rings. The monoisotopic (exact) mass is 493 g/mol. The highest BCUT2D eigenvalue weighted by molar-refractivity contribution is 7.89. The van der Waals surface area contributed by atoms with Crippen LogP contribution in [0.4, 0.5) is 0 Å². The van der Waals surface area contributed by atoms with Crippen molar-refractivity contribution in [1.29, 1.82) is 0 Å². The lowest BCUT2D eigenvalue weighted by Crippen LogP contribution is -2.50. The van der Waals surface area contributed by atoms with Crippen molar-refractivity contribution in [2.45, 2.75) is 51.1 Å². The average Bonchev–Trinajstić information content (AvgIpc) is 2.78. The van der Waals surface area contributed by atoms with E-state index in [-0.39, 0.29) is 17.3 Å². The molecule has 33 heavy (non-hydrogen) atoms. The third kappa shape index (κ3) is 7.55. The van der Waals surface area contributed by atoms with Gasteiger partial charge in [0, 0.05) is 25.2 Å². The second-order valence-electron chi connectivity index (χ2n) is 8.04. The maximum absolute atomic E-state index is 13.2. The molecule has 1 unspecified atom stereocenters. The Hall–Kier alpha value is -2.42. The molecule has 0 aliphatic carbocycles. The number of aryl methyl sites for hydroxylation is 1. The molecule has 7 nitrogen and oxygen atoms in total. The minimum absolute atomic E-state index is 0.109. The fourth-order valence-electron chi connectivity index (χ4n) is 3.16. The molecule has 0 saturated carbocycles. The fraction of sp³-hybridized carbons (Fsp3) is 0.417. The van der Waals surface area contributed by atoms with Crippen LogP contribution in [0.1, 0.15) is 37.8 Å². The zero-order valence-corrected chi connectivity index (χ0v) is 21.1. The van der Waals surface area contributed by atoms with Crippen LogP contribution in [0.25, 0.3) is 0 Å². The Morgan fingerprint density at radius 3 is 2.24 bits per heavy atom. The molecule has 9 heteroatoms. The molecule has 0 radical (unpaired) electrons. The summed E-state index contributed by atoms with van der Waals surface area (Å²) in [7, 11) is -2.50. The molecule has 0 bridgehead atoms. The maximum atomic E-state index is 13.2. The fourth-order valence-corrected chi connectivity index (χ4v) is 4.41. The Bertz CT molecular complexity index is 1040. The number of sulfonamides is 1. The quantitative estimate of drug-likeness (QED) is 0.484. The smallest absolute Gasteiger partial charge is 0.243 e. The van der Waals surface area contributed by atoms with E-state index in [4.69, 9.17) is 11.6 Å². The van der Waals surface area contributed by atoms with E-state index in [2.05, 4.69) is 5.32 Å². The molecule has 2 amide bonds. The topological polar surface area (TPSA) is 86.8 Å². The number of nitrogens with one attached hydrogen (secondary N) is 1. The van der Waals surface area contributed by atoms with Gasteiger partial charge in [0.05, 0.1) is 11.4 Å².